The number of nitrogens with one attached hydrogen (secondary N) is 1. The zero-order valence-electron chi connectivity index (χ0n) is 7.20. The van der Waals surface area contributed by atoms with Gasteiger partial charge in [0, 0.05) is 6.20 Å². The molecule has 2 rings (SSSR count). The molecule has 0 bridgehead atoms. The number of nitrogens with two attached hydrogens (primary N) is 1. The van der Waals surface area contributed by atoms with Crippen LogP contribution in [0.1, 0.15) is 0 Å². The van der Waals surface area contributed by atoms with E-state index in [1.807, 2.05) is 18.2 Å². The predicted molar refractivity (Wildman–Crippen MR) is 60.4 cm³/mol. The first-order valence-electron chi connectivity index (χ1n) is 3.98. The summed E-state index contributed by atoms with van der Waals surface area (Å²) in [6.07, 6.45) is 1.71. The molecule has 0 fully saturated rings. The van der Waals surface area contributed by atoms with E-state index in [9.17, 15) is 0 Å². The third kappa shape index (κ3) is 1.87. The summed E-state index contributed by atoms with van der Waals surface area (Å²) in [7, 11) is 0. The zero-order chi connectivity index (χ0) is 9.97. The van der Waals surface area contributed by atoms with E-state index in [0.29, 0.717) is 0 Å². The fourth-order valence-corrected chi connectivity index (χ4v) is 2.12. The van der Waals surface area contributed by atoms with E-state index in [1.165, 1.54) is 11.3 Å². The van der Waals surface area contributed by atoms with E-state index in [0.717, 1.165) is 20.6 Å². The van der Waals surface area contributed by atoms with Crippen molar-refractivity contribution >= 4 is 28.6 Å². The average molecular weight is 226 g/mol. The van der Waals surface area contributed by atoms with Crippen molar-refractivity contribution in [3.8, 4) is 10.6 Å². The van der Waals surface area contributed by atoms with Gasteiger partial charge in [-0.15, -0.1) is 11.3 Å². The molecule has 0 aliphatic heterocycles. The van der Waals surface area contributed by atoms with Gasteiger partial charge in [0.25, 0.3) is 0 Å². The van der Waals surface area contributed by atoms with Gasteiger partial charge in [0.15, 0.2) is 0 Å². The number of halogens is 1. The Bertz CT molecular complexity index is 441. The van der Waals surface area contributed by atoms with Crippen LogP contribution in [0.5, 0.6) is 0 Å². The summed E-state index contributed by atoms with van der Waals surface area (Å²) < 4.78 is 0.757. The number of aromatic nitrogens is 1. The van der Waals surface area contributed by atoms with Crippen LogP contribution in [0.4, 0.5) is 5.69 Å². The van der Waals surface area contributed by atoms with Crippen molar-refractivity contribution in [1.29, 1.82) is 0 Å². The molecule has 0 amide bonds. The Hall–Kier alpha value is -1.10. The lowest BCUT2D eigenvalue weighted by molar-refractivity contribution is 1.29. The van der Waals surface area contributed by atoms with Crippen LogP contribution in [0.15, 0.2) is 30.5 Å². The molecule has 0 spiro atoms. The van der Waals surface area contributed by atoms with Crippen LogP contribution in [0, 0.1) is 0 Å². The van der Waals surface area contributed by atoms with Gasteiger partial charge in [-0.05, 0) is 24.3 Å². The van der Waals surface area contributed by atoms with E-state index >= 15 is 0 Å². The summed E-state index contributed by atoms with van der Waals surface area (Å²) in [5.41, 5.74) is 4.28. The fourth-order valence-electron chi connectivity index (χ4n) is 1.11. The highest BCUT2D eigenvalue weighted by Crippen LogP contribution is 2.30. The van der Waals surface area contributed by atoms with E-state index in [-0.39, 0.29) is 0 Å². The molecule has 5 heteroatoms. The van der Waals surface area contributed by atoms with Crippen LogP contribution < -0.4 is 11.3 Å². The minimum absolute atomic E-state index is 0.757. The van der Waals surface area contributed by atoms with Gasteiger partial charge in [0.1, 0.15) is 0 Å². The second-order valence-electron chi connectivity index (χ2n) is 2.68. The number of hydrogen-bond acceptors (Lipinski definition) is 4. The molecule has 3 nitrogen and oxygen atoms in total. The summed E-state index contributed by atoms with van der Waals surface area (Å²) in [6, 6.07) is 7.47. The summed E-state index contributed by atoms with van der Waals surface area (Å²) in [4.78, 5) is 5.26. The van der Waals surface area contributed by atoms with Gasteiger partial charge in [-0.3, -0.25) is 10.8 Å². The van der Waals surface area contributed by atoms with Crippen LogP contribution in [-0.2, 0) is 0 Å². The Labute approximate surface area is 90.5 Å². The lowest BCUT2D eigenvalue weighted by Crippen LogP contribution is -2.06. The highest BCUT2D eigenvalue weighted by Gasteiger charge is 2.03. The number of nitrogens with zero attached hydrogens (tertiary/aromatic N) is 1. The Morgan fingerprint density at radius 3 is 2.86 bits per heavy atom. The van der Waals surface area contributed by atoms with Crippen molar-refractivity contribution in [1.82, 2.24) is 4.98 Å². The van der Waals surface area contributed by atoms with Gasteiger partial charge in [0.05, 0.1) is 20.6 Å². The highest BCUT2D eigenvalue weighted by molar-refractivity contribution is 7.19. The fraction of sp³-hybridized carbons (Fsp3) is 0. The van der Waals surface area contributed by atoms with E-state index in [1.54, 1.807) is 12.3 Å². The van der Waals surface area contributed by atoms with Gasteiger partial charge in [-0.2, -0.15) is 0 Å². The van der Waals surface area contributed by atoms with Crippen LogP contribution >= 0.6 is 22.9 Å². The molecule has 72 valence electrons. The molecule has 2 aromatic heterocycles. The van der Waals surface area contributed by atoms with Gasteiger partial charge in [-0.25, -0.2) is 0 Å². The van der Waals surface area contributed by atoms with Crippen LogP contribution in [-0.4, -0.2) is 4.98 Å². The average Bonchev–Trinajstić information content (AvgIpc) is 2.65. The number of nitrogen functional groups attached to an aromatic ring is 1. The first kappa shape index (κ1) is 9.45. The van der Waals surface area contributed by atoms with Crippen molar-refractivity contribution in [2.24, 2.45) is 5.84 Å². The Kier molecular flexibility index (Phi) is 2.67. The number of hydrogen-bond donors (Lipinski definition) is 2. The first-order chi connectivity index (χ1) is 6.79. The summed E-state index contributed by atoms with van der Waals surface area (Å²) in [5.74, 6) is 5.30. The normalized spacial score (nSPS) is 10.1. The number of hydrazine groups is 1. The maximum atomic E-state index is 5.83. The Balaban J connectivity index is 2.41. The maximum Gasteiger partial charge on any atom is 0.0935 e. The van der Waals surface area contributed by atoms with Crippen molar-refractivity contribution in [2.75, 3.05) is 5.43 Å². The van der Waals surface area contributed by atoms with E-state index in [2.05, 4.69) is 10.4 Å². The molecule has 0 unspecified atom stereocenters. The summed E-state index contributed by atoms with van der Waals surface area (Å²) in [5, 5.41) is 0. The number of thiophene rings is 1. The Morgan fingerprint density at radius 1 is 1.36 bits per heavy atom. The van der Waals surface area contributed by atoms with Crippen molar-refractivity contribution < 1.29 is 0 Å². The predicted octanol–water partition coefficient (Wildman–Crippen LogP) is 2.75. The summed E-state index contributed by atoms with van der Waals surface area (Å²) >= 11 is 7.33. The van der Waals surface area contributed by atoms with Crippen molar-refractivity contribution in [3.05, 3.63) is 34.8 Å². The van der Waals surface area contributed by atoms with Gasteiger partial charge >= 0.3 is 0 Å². The number of pyridine rings is 1. The van der Waals surface area contributed by atoms with Gasteiger partial charge in [0.2, 0.25) is 0 Å². The third-order valence-electron chi connectivity index (χ3n) is 1.75. The Morgan fingerprint density at radius 2 is 2.21 bits per heavy atom. The third-order valence-corrected chi connectivity index (χ3v) is 3.01. The van der Waals surface area contributed by atoms with E-state index < -0.39 is 0 Å². The smallest absolute Gasteiger partial charge is 0.0935 e. The van der Waals surface area contributed by atoms with E-state index in [4.69, 9.17) is 17.4 Å². The van der Waals surface area contributed by atoms with Gasteiger partial charge < -0.3 is 5.43 Å². The van der Waals surface area contributed by atoms with Crippen LogP contribution in [0.2, 0.25) is 4.34 Å². The molecular formula is C9H8ClN3S. The second kappa shape index (κ2) is 3.96. The number of anilines is 1. The maximum absolute atomic E-state index is 5.83. The second-order valence-corrected chi connectivity index (χ2v) is 4.39. The highest BCUT2D eigenvalue weighted by atomic mass is 35.5. The SMILES string of the molecule is NNc1ccnc(-c2ccc(Cl)s2)c1. The lowest BCUT2D eigenvalue weighted by atomic mass is 10.3. The molecule has 0 aliphatic rings. The van der Waals surface area contributed by atoms with Crippen LogP contribution in [0.3, 0.4) is 0 Å². The molecular weight excluding hydrogens is 218 g/mol. The minimum Gasteiger partial charge on any atom is -0.324 e. The molecule has 14 heavy (non-hydrogen) atoms. The first-order valence-corrected chi connectivity index (χ1v) is 5.17. The molecule has 2 aromatic rings. The van der Waals surface area contributed by atoms with Crippen molar-refractivity contribution in [3.63, 3.8) is 0 Å². The molecule has 0 radical (unpaired) electrons. The minimum atomic E-state index is 0.757. The molecule has 0 saturated carbocycles. The topological polar surface area (TPSA) is 50.9 Å². The molecule has 2 heterocycles. The van der Waals surface area contributed by atoms with Crippen molar-refractivity contribution in [2.45, 2.75) is 0 Å². The van der Waals surface area contributed by atoms with Crippen LogP contribution in [0.25, 0.3) is 10.6 Å². The quantitative estimate of drug-likeness (QED) is 0.611. The molecule has 0 saturated heterocycles. The summed E-state index contributed by atoms with van der Waals surface area (Å²) in [6.45, 7) is 0. The molecule has 0 aliphatic carbocycles. The zero-order valence-corrected chi connectivity index (χ0v) is 8.77. The molecule has 0 aromatic carbocycles. The number of rotatable bonds is 2. The monoisotopic (exact) mass is 225 g/mol. The standard InChI is InChI=1S/C9H8ClN3S/c10-9-2-1-8(14-9)7-5-6(13-11)3-4-12-7/h1-5H,11H2,(H,12,13). The molecule has 0 atom stereocenters. The largest absolute Gasteiger partial charge is 0.324 e. The molecule has 3 N–H and O–H groups in total. The van der Waals surface area contributed by atoms with Gasteiger partial charge in [-0.1, -0.05) is 11.6 Å². The lowest BCUT2D eigenvalue weighted by Gasteiger charge is -2.00.